The number of anilines is 1. The number of aryl methyl sites for hydroxylation is 1. The highest BCUT2D eigenvalue weighted by atomic mass is 16.2. The second-order valence-electron chi connectivity index (χ2n) is 5.98. The molecule has 23 heavy (non-hydrogen) atoms. The Morgan fingerprint density at radius 1 is 1.43 bits per heavy atom. The van der Waals surface area contributed by atoms with E-state index in [0.717, 1.165) is 30.8 Å². The van der Waals surface area contributed by atoms with E-state index in [0.29, 0.717) is 19.6 Å². The van der Waals surface area contributed by atoms with Gasteiger partial charge in [0.1, 0.15) is 5.82 Å². The quantitative estimate of drug-likeness (QED) is 0.620. The zero-order chi connectivity index (χ0) is 16.7. The van der Waals surface area contributed by atoms with Crippen LogP contribution in [0.25, 0.3) is 0 Å². The van der Waals surface area contributed by atoms with Crippen molar-refractivity contribution in [2.45, 2.75) is 19.8 Å². The summed E-state index contributed by atoms with van der Waals surface area (Å²) in [5.74, 6) is 0.434. The summed E-state index contributed by atoms with van der Waals surface area (Å²) >= 11 is 0. The van der Waals surface area contributed by atoms with Crippen LogP contribution in [-0.4, -0.2) is 54.4 Å². The molecule has 4 N–H and O–H groups in total. The molecule has 126 valence electrons. The van der Waals surface area contributed by atoms with Gasteiger partial charge in [-0.05, 0) is 44.0 Å². The molecular weight excluding hydrogens is 294 g/mol. The molecule has 2 heterocycles. The van der Waals surface area contributed by atoms with Gasteiger partial charge in [-0.2, -0.15) is 0 Å². The van der Waals surface area contributed by atoms with E-state index < -0.39 is 0 Å². The number of piperidine rings is 1. The van der Waals surface area contributed by atoms with Crippen LogP contribution in [0.2, 0.25) is 0 Å². The number of nitrogens with zero attached hydrogens (tertiary/aromatic N) is 2. The number of aromatic nitrogens is 1. The van der Waals surface area contributed by atoms with Crippen LogP contribution < -0.4 is 16.4 Å². The molecule has 2 rings (SSSR count). The summed E-state index contributed by atoms with van der Waals surface area (Å²) in [4.78, 5) is 29.3. The summed E-state index contributed by atoms with van der Waals surface area (Å²) in [5, 5.41) is 6.12. The fourth-order valence-electron chi connectivity index (χ4n) is 2.79. The highest BCUT2D eigenvalue weighted by Gasteiger charge is 2.25. The fourth-order valence-corrected chi connectivity index (χ4v) is 2.79. The first-order chi connectivity index (χ1) is 11.0. The number of hydrogen-bond donors (Lipinski definition) is 3. The van der Waals surface area contributed by atoms with Crippen molar-refractivity contribution >= 4 is 17.6 Å². The van der Waals surface area contributed by atoms with Crippen LogP contribution in [0.4, 0.5) is 5.82 Å². The van der Waals surface area contributed by atoms with Gasteiger partial charge in [-0.25, -0.2) is 4.98 Å². The molecule has 0 bridgehead atoms. The second kappa shape index (κ2) is 8.47. The van der Waals surface area contributed by atoms with Gasteiger partial charge in [0.05, 0.1) is 12.5 Å². The Bertz CT molecular complexity index is 549. The van der Waals surface area contributed by atoms with Gasteiger partial charge in [0, 0.05) is 25.8 Å². The average molecular weight is 319 g/mol. The zero-order valence-corrected chi connectivity index (χ0v) is 13.5. The summed E-state index contributed by atoms with van der Waals surface area (Å²) < 4.78 is 0. The van der Waals surface area contributed by atoms with Gasteiger partial charge in [0.15, 0.2) is 0 Å². The molecule has 7 nitrogen and oxygen atoms in total. The van der Waals surface area contributed by atoms with Crippen molar-refractivity contribution in [3.8, 4) is 0 Å². The van der Waals surface area contributed by atoms with Gasteiger partial charge in [-0.3, -0.25) is 14.5 Å². The zero-order valence-electron chi connectivity index (χ0n) is 13.5. The van der Waals surface area contributed by atoms with Gasteiger partial charge in [0.2, 0.25) is 11.8 Å². The summed E-state index contributed by atoms with van der Waals surface area (Å²) in [7, 11) is 0. The highest BCUT2D eigenvalue weighted by Crippen LogP contribution is 2.16. The second-order valence-corrected chi connectivity index (χ2v) is 5.98. The third kappa shape index (κ3) is 5.86. The molecule has 0 aromatic carbocycles. The predicted octanol–water partition coefficient (Wildman–Crippen LogP) is 0.115. The Morgan fingerprint density at radius 3 is 3.00 bits per heavy atom. The van der Waals surface area contributed by atoms with Crippen molar-refractivity contribution in [1.82, 2.24) is 15.2 Å². The van der Waals surface area contributed by atoms with E-state index in [-0.39, 0.29) is 24.3 Å². The Morgan fingerprint density at radius 2 is 2.26 bits per heavy atom. The molecule has 0 saturated carbocycles. The number of rotatable bonds is 7. The number of nitrogens with one attached hydrogen (secondary N) is 2. The molecule has 0 spiro atoms. The van der Waals surface area contributed by atoms with E-state index in [4.69, 9.17) is 5.73 Å². The van der Waals surface area contributed by atoms with Crippen molar-refractivity contribution in [2.24, 2.45) is 11.7 Å². The van der Waals surface area contributed by atoms with Gasteiger partial charge in [0.25, 0.3) is 0 Å². The van der Waals surface area contributed by atoms with Crippen LogP contribution in [-0.2, 0) is 9.59 Å². The van der Waals surface area contributed by atoms with Crippen LogP contribution >= 0.6 is 0 Å². The Kier molecular flexibility index (Phi) is 6.34. The topological polar surface area (TPSA) is 100 Å². The highest BCUT2D eigenvalue weighted by molar-refractivity contribution is 5.79. The maximum Gasteiger partial charge on any atom is 0.231 e. The third-order valence-corrected chi connectivity index (χ3v) is 3.90. The first kappa shape index (κ1) is 17.2. The normalized spacial score (nSPS) is 18.4. The van der Waals surface area contributed by atoms with Crippen LogP contribution in [0, 0.1) is 12.8 Å². The van der Waals surface area contributed by atoms with Crippen molar-refractivity contribution in [3.05, 3.63) is 23.9 Å². The molecule has 7 heteroatoms. The maximum atomic E-state index is 12.2. The molecule has 1 atom stereocenters. The summed E-state index contributed by atoms with van der Waals surface area (Å²) in [6.45, 7) is 4.83. The van der Waals surface area contributed by atoms with E-state index in [1.807, 2.05) is 24.0 Å². The molecule has 1 fully saturated rings. The molecule has 1 saturated heterocycles. The first-order valence-electron chi connectivity index (χ1n) is 7.99. The van der Waals surface area contributed by atoms with Crippen molar-refractivity contribution in [3.63, 3.8) is 0 Å². The first-order valence-corrected chi connectivity index (χ1v) is 7.99. The molecular formula is C16H25N5O2. The van der Waals surface area contributed by atoms with Crippen LogP contribution in [0.5, 0.6) is 0 Å². The Hall–Kier alpha value is -2.15. The maximum absolute atomic E-state index is 12.2. The Balaban J connectivity index is 1.69. The minimum absolute atomic E-state index is 0.0400. The molecule has 1 aromatic rings. The molecule has 0 unspecified atom stereocenters. The SMILES string of the molecule is Cc1ccnc(NCCNC(=O)[C@H]2CCCN(CC(N)=O)C2)c1. The van der Waals surface area contributed by atoms with E-state index in [1.165, 1.54) is 0 Å². The third-order valence-electron chi connectivity index (χ3n) is 3.90. The minimum Gasteiger partial charge on any atom is -0.369 e. The molecule has 0 aliphatic carbocycles. The molecule has 2 amide bonds. The number of pyridine rings is 1. The van der Waals surface area contributed by atoms with Crippen LogP contribution in [0.3, 0.4) is 0 Å². The van der Waals surface area contributed by atoms with Crippen LogP contribution in [0.1, 0.15) is 18.4 Å². The standard InChI is InChI=1S/C16H25N5O2/c1-12-4-5-18-15(9-12)19-6-7-20-16(23)13-3-2-8-21(10-13)11-14(17)22/h4-5,9,13H,2-3,6-8,10-11H2,1H3,(H2,17,22)(H,18,19)(H,20,23)/t13-/m0/s1. The number of nitrogens with two attached hydrogens (primary N) is 1. The number of carbonyl (C=O) groups is 2. The number of amides is 2. The van der Waals surface area contributed by atoms with Gasteiger partial charge in [-0.15, -0.1) is 0 Å². The summed E-state index contributed by atoms with van der Waals surface area (Å²) in [6.07, 6.45) is 3.52. The molecule has 1 aliphatic heterocycles. The van der Waals surface area contributed by atoms with Gasteiger partial charge >= 0.3 is 0 Å². The number of hydrogen-bond acceptors (Lipinski definition) is 5. The van der Waals surface area contributed by atoms with Crippen molar-refractivity contribution in [1.29, 1.82) is 0 Å². The monoisotopic (exact) mass is 319 g/mol. The number of primary amides is 1. The van der Waals surface area contributed by atoms with Gasteiger partial charge < -0.3 is 16.4 Å². The summed E-state index contributed by atoms with van der Waals surface area (Å²) in [6, 6.07) is 3.90. The van der Waals surface area contributed by atoms with E-state index >= 15 is 0 Å². The lowest BCUT2D eigenvalue weighted by Gasteiger charge is -2.30. The largest absolute Gasteiger partial charge is 0.369 e. The minimum atomic E-state index is -0.346. The van der Waals surface area contributed by atoms with E-state index in [1.54, 1.807) is 6.20 Å². The number of likely N-dealkylation sites (tertiary alicyclic amines) is 1. The lowest BCUT2D eigenvalue weighted by atomic mass is 9.97. The predicted molar refractivity (Wildman–Crippen MR) is 88.8 cm³/mol. The van der Waals surface area contributed by atoms with Gasteiger partial charge in [-0.1, -0.05) is 0 Å². The summed E-state index contributed by atoms with van der Waals surface area (Å²) in [5.41, 5.74) is 6.36. The van der Waals surface area contributed by atoms with Crippen LogP contribution in [0.15, 0.2) is 18.3 Å². The smallest absolute Gasteiger partial charge is 0.231 e. The number of carbonyl (C=O) groups excluding carboxylic acids is 2. The lowest BCUT2D eigenvalue weighted by Crippen LogP contribution is -2.46. The fraction of sp³-hybridized carbons (Fsp3) is 0.562. The Labute approximate surface area is 136 Å². The molecule has 1 aromatic heterocycles. The van der Waals surface area contributed by atoms with E-state index in [2.05, 4.69) is 15.6 Å². The van der Waals surface area contributed by atoms with Crippen molar-refractivity contribution in [2.75, 3.05) is 38.0 Å². The van der Waals surface area contributed by atoms with E-state index in [9.17, 15) is 9.59 Å². The van der Waals surface area contributed by atoms with Crippen molar-refractivity contribution < 1.29 is 9.59 Å². The average Bonchev–Trinajstić information content (AvgIpc) is 2.51. The lowest BCUT2D eigenvalue weighted by molar-refractivity contribution is -0.128. The molecule has 0 radical (unpaired) electrons. The molecule has 1 aliphatic rings.